The van der Waals surface area contributed by atoms with Gasteiger partial charge in [0.05, 0.1) is 4.90 Å². The molecule has 2 aromatic carbocycles. The molecule has 2 aromatic rings. The zero-order valence-corrected chi connectivity index (χ0v) is 12.6. The van der Waals surface area contributed by atoms with Gasteiger partial charge in [-0.3, -0.25) is 9.59 Å². The third-order valence-corrected chi connectivity index (χ3v) is 3.68. The highest BCUT2D eigenvalue weighted by Crippen LogP contribution is 2.33. The van der Waals surface area contributed by atoms with Gasteiger partial charge in [-0.25, -0.2) is 22.0 Å². The third-order valence-electron chi connectivity index (χ3n) is 2.70. The number of hydrogen-bond donors (Lipinski definition) is 0. The van der Waals surface area contributed by atoms with Crippen LogP contribution in [0.25, 0.3) is 0 Å². The summed E-state index contributed by atoms with van der Waals surface area (Å²) in [6.07, 6.45) is 0. The highest BCUT2D eigenvalue weighted by molar-refractivity contribution is 8.14. The number of benzene rings is 2. The predicted octanol–water partition coefficient (Wildman–Crippen LogP) is 4.24. The Hall–Kier alpha value is -2.42. The van der Waals surface area contributed by atoms with Gasteiger partial charge in [0.2, 0.25) is 10.9 Å². The van der Waals surface area contributed by atoms with Crippen LogP contribution in [0.3, 0.4) is 0 Å². The number of ether oxygens (including phenoxy) is 1. The summed E-state index contributed by atoms with van der Waals surface area (Å²) in [7, 11) is 0. The minimum atomic E-state index is -2.31. The number of rotatable bonds is 3. The lowest BCUT2D eigenvalue weighted by Crippen LogP contribution is -2.06. The fourth-order valence-corrected chi connectivity index (χ4v) is 2.47. The molecule has 0 N–H and O–H groups in total. The summed E-state index contributed by atoms with van der Waals surface area (Å²) in [6.45, 7) is 1.12. The molecule has 0 aromatic heterocycles. The second kappa shape index (κ2) is 7.00. The Morgan fingerprint density at radius 3 is 2.00 bits per heavy atom. The Morgan fingerprint density at radius 2 is 1.46 bits per heavy atom. The van der Waals surface area contributed by atoms with Crippen molar-refractivity contribution in [3.05, 3.63) is 58.9 Å². The molecule has 0 aliphatic heterocycles. The third kappa shape index (κ3) is 3.56. The van der Waals surface area contributed by atoms with Crippen molar-refractivity contribution in [3.63, 3.8) is 0 Å². The fraction of sp³-hybridized carbons (Fsp3) is 0.0667. The zero-order valence-electron chi connectivity index (χ0n) is 11.8. The number of esters is 1. The van der Waals surface area contributed by atoms with Crippen molar-refractivity contribution < 1.29 is 36.3 Å². The maximum Gasteiger partial charge on any atom is 0.308 e. The normalized spacial score (nSPS) is 10.6. The molecule has 24 heavy (non-hydrogen) atoms. The van der Waals surface area contributed by atoms with Gasteiger partial charge in [-0.2, -0.15) is 0 Å². The summed E-state index contributed by atoms with van der Waals surface area (Å²) in [6, 6.07) is 5.00. The van der Waals surface area contributed by atoms with E-state index >= 15 is 0 Å². The van der Waals surface area contributed by atoms with Crippen molar-refractivity contribution in [1.82, 2.24) is 0 Å². The van der Waals surface area contributed by atoms with Gasteiger partial charge in [0.1, 0.15) is 5.75 Å². The van der Waals surface area contributed by atoms with Crippen molar-refractivity contribution in [1.29, 1.82) is 0 Å². The second-order valence-corrected chi connectivity index (χ2v) is 5.39. The predicted molar refractivity (Wildman–Crippen MR) is 74.2 cm³/mol. The summed E-state index contributed by atoms with van der Waals surface area (Å²) >= 11 is -0.162. The molecule has 0 radical (unpaired) electrons. The van der Waals surface area contributed by atoms with Gasteiger partial charge < -0.3 is 4.74 Å². The molecule has 0 amide bonds. The van der Waals surface area contributed by atoms with Crippen molar-refractivity contribution in [2.75, 3.05) is 0 Å². The fourth-order valence-electron chi connectivity index (χ4n) is 1.68. The van der Waals surface area contributed by atoms with Gasteiger partial charge in [0, 0.05) is 12.5 Å². The van der Waals surface area contributed by atoms with Crippen LogP contribution in [0.5, 0.6) is 5.75 Å². The van der Waals surface area contributed by atoms with E-state index < -0.39 is 45.1 Å². The lowest BCUT2D eigenvalue weighted by molar-refractivity contribution is -0.131. The average molecular weight is 362 g/mol. The van der Waals surface area contributed by atoms with Gasteiger partial charge in [-0.05, 0) is 23.9 Å². The van der Waals surface area contributed by atoms with Crippen molar-refractivity contribution in [2.24, 2.45) is 0 Å². The number of carbonyl (C=O) groups is 2. The second-order valence-electron chi connectivity index (χ2n) is 4.41. The molecule has 0 bridgehead atoms. The van der Waals surface area contributed by atoms with E-state index in [1.807, 2.05) is 0 Å². The average Bonchev–Trinajstić information content (AvgIpc) is 2.54. The van der Waals surface area contributed by atoms with E-state index in [0.29, 0.717) is 0 Å². The van der Waals surface area contributed by atoms with E-state index in [4.69, 9.17) is 4.74 Å². The molecule has 0 fully saturated rings. The smallest absolute Gasteiger partial charge is 0.308 e. The number of thioether (sulfide) groups is 1. The molecule has 0 atom stereocenters. The standard InChI is InChI=1S/C15H7F5O3S/c1-6(21)23-8-4-2-3-7(5-8)15(22)24-14-12(19)10(17)9(16)11(18)13(14)20/h2-5H,1H3. The quantitative estimate of drug-likeness (QED) is 0.205. The van der Waals surface area contributed by atoms with Crippen LogP contribution in [0.4, 0.5) is 22.0 Å². The van der Waals surface area contributed by atoms with Crippen molar-refractivity contribution in [2.45, 2.75) is 11.8 Å². The molecule has 0 aliphatic rings. The maximum atomic E-state index is 13.6. The van der Waals surface area contributed by atoms with E-state index in [-0.39, 0.29) is 23.1 Å². The van der Waals surface area contributed by atoms with Crippen molar-refractivity contribution in [3.8, 4) is 5.75 Å². The first kappa shape index (κ1) is 17.9. The Morgan fingerprint density at radius 1 is 0.917 bits per heavy atom. The molecule has 0 heterocycles. The molecule has 126 valence electrons. The monoisotopic (exact) mass is 362 g/mol. The van der Waals surface area contributed by atoms with Crippen LogP contribution in [-0.2, 0) is 4.79 Å². The van der Waals surface area contributed by atoms with E-state index in [9.17, 15) is 31.5 Å². The van der Waals surface area contributed by atoms with Crippen LogP contribution >= 0.6 is 11.8 Å². The maximum absolute atomic E-state index is 13.6. The van der Waals surface area contributed by atoms with E-state index in [0.717, 1.165) is 13.0 Å². The van der Waals surface area contributed by atoms with Gasteiger partial charge in [-0.15, -0.1) is 0 Å². The summed E-state index contributed by atoms with van der Waals surface area (Å²) in [5.74, 6) is -11.4. The summed E-state index contributed by atoms with van der Waals surface area (Å²) in [4.78, 5) is 21.6. The summed E-state index contributed by atoms with van der Waals surface area (Å²) in [5, 5.41) is -0.993. The number of carbonyl (C=O) groups excluding carboxylic acids is 2. The molecule has 0 aliphatic carbocycles. The minimum Gasteiger partial charge on any atom is -0.427 e. The Balaban J connectivity index is 2.36. The molecule has 2 rings (SSSR count). The number of halogens is 5. The molecule has 0 saturated carbocycles. The van der Waals surface area contributed by atoms with Crippen LogP contribution in [0.15, 0.2) is 29.2 Å². The first-order valence-electron chi connectivity index (χ1n) is 6.24. The van der Waals surface area contributed by atoms with Crippen molar-refractivity contribution >= 4 is 22.8 Å². The molecular formula is C15H7F5O3S. The lowest BCUT2D eigenvalue weighted by Gasteiger charge is -2.08. The molecule has 0 unspecified atom stereocenters. The van der Waals surface area contributed by atoms with Crippen LogP contribution in [0.2, 0.25) is 0 Å². The Bertz CT molecular complexity index is 809. The van der Waals surface area contributed by atoms with Gasteiger partial charge in [-0.1, -0.05) is 12.1 Å². The van der Waals surface area contributed by atoms with Gasteiger partial charge in [0.25, 0.3) is 0 Å². The van der Waals surface area contributed by atoms with E-state index in [1.54, 1.807) is 0 Å². The number of hydrogen-bond acceptors (Lipinski definition) is 4. The molecular weight excluding hydrogens is 355 g/mol. The van der Waals surface area contributed by atoms with Gasteiger partial charge >= 0.3 is 5.97 Å². The summed E-state index contributed by atoms with van der Waals surface area (Å²) < 4.78 is 71.1. The molecule has 0 saturated heterocycles. The largest absolute Gasteiger partial charge is 0.427 e. The highest BCUT2D eigenvalue weighted by Gasteiger charge is 2.28. The molecule has 0 spiro atoms. The SMILES string of the molecule is CC(=O)Oc1cccc(C(=O)Sc2c(F)c(F)c(F)c(F)c2F)c1. The van der Waals surface area contributed by atoms with Gasteiger partial charge in [0.15, 0.2) is 23.3 Å². The Kier molecular flexibility index (Phi) is 5.23. The topological polar surface area (TPSA) is 43.4 Å². The Labute approximate surface area is 136 Å². The van der Waals surface area contributed by atoms with Crippen LogP contribution in [-0.4, -0.2) is 11.1 Å². The summed E-state index contributed by atoms with van der Waals surface area (Å²) in [5.41, 5.74) is -0.150. The zero-order chi connectivity index (χ0) is 18.0. The molecule has 3 nitrogen and oxygen atoms in total. The first-order chi connectivity index (χ1) is 11.2. The minimum absolute atomic E-state index is 0.00800. The van der Waals surface area contributed by atoms with E-state index in [2.05, 4.69) is 0 Å². The van der Waals surface area contributed by atoms with Crippen LogP contribution in [0, 0.1) is 29.1 Å². The molecule has 9 heteroatoms. The van der Waals surface area contributed by atoms with Crippen LogP contribution < -0.4 is 4.74 Å². The van der Waals surface area contributed by atoms with E-state index in [1.165, 1.54) is 18.2 Å². The lowest BCUT2D eigenvalue weighted by atomic mass is 10.2. The highest BCUT2D eigenvalue weighted by atomic mass is 32.2. The first-order valence-corrected chi connectivity index (χ1v) is 7.06. The van der Waals surface area contributed by atoms with Crippen LogP contribution in [0.1, 0.15) is 17.3 Å².